The molecule has 0 spiro atoms. The zero-order chi connectivity index (χ0) is 14.2. The second-order valence-electron chi connectivity index (χ2n) is 5.86. The van der Waals surface area contributed by atoms with Gasteiger partial charge in [0, 0.05) is 19.0 Å². The highest BCUT2D eigenvalue weighted by molar-refractivity contribution is 7.12. The third-order valence-electron chi connectivity index (χ3n) is 4.18. The fourth-order valence-electron chi connectivity index (χ4n) is 2.93. The highest BCUT2D eigenvalue weighted by Crippen LogP contribution is 2.32. The summed E-state index contributed by atoms with van der Waals surface area (Å²) in [5, 5.41) is 6.17. The van der Waals surface area contributed by atoms with Gasteiger partial charge in [-0.1, -0.05) is 11.2 Å². The van der Waals surface area contributed by atoms with Gasteiger partial charge in [0.2, 0.25) is 5.60 Å². The second kappa shape index (κ2) is 5.20. The van der Waals surface area contributed by atoms with Gasteiger partial charge >= 0.3 is 0 Å². The molecule has 0 bridgehead atoms. The lowest BCUT2D eigenvalue weighted by Crippen LogP contribution is -2.52. The van der Waals surface area contributed by atoms with Crippen molar-refractivity contribution in [3.05, 3.63) is 22.4 Å². The van der Waals surface area contributed by atoms with E-state index in [2.05, 4.69) is 12.1 Å². The number of thiophene rings is 1. The van der Waals surface area contributed by atoms with Crippen LogP contribution in [0.3, 0.4) is 0 Å². The molecule has 0 unspecified atom stereocenters. The molecule has 1 aromatic rings. The van der Waals surface area contributed by atoms with Crippen LogP contribution in [0.1, 0.15) is 44.4 Å². The summed E-state index contributed by atoms with van der Waals surface area (Å²) in [5.41, 5.74) is 0.0609. The Morgan fingerprint density at radius 2 is 2.40 bits per heavy atom. The largest absolute Gasteiger partial charge is 0.379 e. The minimum Gasteiger partial charge on any atom is -0.379 e. The lowest BCUT2D eigenvalue weighted by Gasteiger charge is -2.37. The minimum atomic E-state index is -0.828. The zero-order valence-electron chi connectivity index (χ0n) is 12.0. The predicted molar refractivity (Wildman–Crippen MR) is 80.0 cm³/mol. The minimum absolute atomic E-state index is 0.0833. The van der Waals surface area contributed by atoms with Gasteiger partial charge in [-0.15, -0.1) is 11.3 Å². The summed E-state index contributed by atoms with van der Waals surface area (Å²) < 4.78 is 0. The monoisotopic (exact) mass is 292 g/mol. The topological polar surface area (TPSA) is 41.9 Å². The number of amides is 1. The number of piperidine rings is 1. The summed E-state index contributed by atoms with van der Waals surface area (Å²) in [7, 11) is 0. The van der Waals surface area contributed by atoms with Crippen LogP contribution >= 0.6 is 11.3 Å². The molecule has 2 aliphatic heterocycles. The van der Waals surface area contributed by atoms with E-state index in [1.54, 1.807) is 11.3 Å². The Hall–Kier alpha value is -1.36. The molecular formula is C15H20N2O2S. The maximum Gasteiger partial charge on any atom is 0.269 e. The zero-order valence-corrected chi connectivity index (χ0v) is 12.8. The van der Waals surface area contributed by atoms with Crippen molar-refractivity contribution in [3.8, 4) is 0 Å². The molecule has 0 saturated carbocycles. The van der Waals surface area contributed by atoms with Crippen LogP contribution in [0.25, 0.3) is 0 Å². The number of hydrogen-bond donors (Lipinski definition) is 0. The SMILES string of the molecule is C[C@@H]1CCCCN1C(=O)[C@@]1(C)CC(c2cccs2)=NO1. The second-order valence-corrected chi connectivity index (χ2v) is 6.81. The smallest absolute Gasteiger partial charge is 0.269 e. The predicted octanol–water partition coefficient (Wildman–Crippen LogP) is 3.03. The molecule has 1 aromatic heterocycles. The van der Waals surface area contributed by atoms with Crippen LogP contribution in [0.15, 0.2) is 22.7 Å². The molecule has 1 saturated heterocycles. The van der Waals surface area contributed by atoms with Gasteiger partial charge in [-0.2, -0.15) is 0 Å². The van der Waals surface area contributed by atoms with Crippen molar-refractivity contribution in [1.29, 1.82) is 0 Å². The van der Waals surface area contributed by atoms with Crippen LogP contribution in [-0.4, -0.2) is 34.7 Å². The average Bonchev–Trinajstić information content (AvgIpc) is 3.08. The lowest BCUT2D eigenvalue weighted by atomic mass is 9.94. The summed E-state index contributed by atoms with van der Waals surface area (Å²) in [6.45, 7) is 4.82. The molecule has 20 heavy (non-hydrogen) atoms. The van der Waals surface area contributed by atoms with E-state index in [0.717, 1.165) is 30.0 Å². The van der Waals surface area contributed by atoms with Crippen molar-refractivity contribution in [2.75, 3.05) is 6.54 Å². The molecule has 108 valence electrons. The van der Waals surface area contributed by atoms with Crippen molar-refractivity contribution in [2.45, 2.75) is 51.2 Å². The Bertz CT molecular complexity index is 526. The van der Waals surface area contributed by atoms with Gasteiger partial charge in [0.1, 0.15) is 5.71 Å². The molecule has 0 aromatic carbocycles. The van der Waals surface area contributed by atoms with Gasteiger partial charge < -0.3 is 9.74 Å². The van der Waals surface area contributed by atoms with Crippen LogP contribution in [0.5, 0.6) is 0 Å². The first kappa shape index (κ1) is 13.6. The number of nitrogens with zero attached hydrogens (tertiary/aromatic N) is 2. The Morgan fingerprint density at radius 1 is 1.55 bits per heavy atom. The van der Waals surface area contributed by atoms with Crippen LogP contribution in [-0.2, 0) is 9.63 Å². The van der Waals surface area contributed by atoms with Crippen molar-refractivity contribution >= 4 is 23.0 Å². The lowest BCUT2D eigenvalue weighted by molar-refractivity contribution is -0.156. The van der Waals surface area contributed by atoms with E-state index in [9.17, 15) is 4.79 Å². The van der Waals surface area contributed by atoms with E-state index in [-0.39, 0.29) is 5.91 Å². The van der Waals surface area contributed by atoms with Gasteiger partial charge in [-0.3, -0.25) is 4.79 Å². The summed E-state index contributed by atoms with van der Waals surface area (Å²) in [5.74, 6) is 0.0833. The van der Waals surface area contributed by atoms with E-state index in [4.69, 9.17) is 4.84 Å². The summed E-state index contributed by atoms with van der Waals surface area (Å²) in [6, 6.07) is 4.32. The number of oxime groups is 1. The third-order valence-corrected chi connectivity index (χ3v) is 5.10. The molecule has 0 N–H and O–H groups in total. The van der Waals surface area contributed by atoms with E-state index in [0.29, 0.717) is 12.5 Å². The first-order chi connectivity index (χ1) is 9.60. The maximum atomic E-state index is 12.8. The van der Waals surface area contributed by atoms with Crippen LogP contribution in [0.2, 0.25) is 0 Å². The van der Waals surface area contributed by atoms with E-state index in [1.165, 1.54) is 6.42 Å². The maximum absolute atomic E-state index is 12.8. The Balaban J connectivity index is 1.73. The summed E-state index contributed by atoms with van der Waals surface area (Å²) in [6.07, 6.45) is 3.94. The van der Waals surface area contributed by atoms with Crippen molar-refractivity contribution in [3.63, 3.8) is 0 Å². The van der Waals surface area contributed by atoms with Crippen molar-refractivity contribution < 1.29 is 9.63 Å². The third kappa shape index (κ3) is 2.35. The molecule has 3 rings (SSSR count). The molecule has 0 radical (unpaired) electrons. The highest BCUT2D eigenvalue weighted by Gasteiger charge is 2.46. The quantitative estimate of drug-likeness (QED) is 0.841. The highest BCUT2D eigenvalue weighted by atomic mass is 32.1. The molecule has 3 heterocycles. The van der Waals surface area contributed by atoms with Gasteiger partial charge in [0.05, 0.1) is 4.88 Å². The normalized spacial score (nSPS) is 30.0. The molecular weight excluding hydrogens is 272 g/mol. The molecule has 2 atom stereocenters. The Labute approximate surface area is 123 Å². The number of likely N-dealkylation sites (tertiary alicyclic amines) is 1. The molecule has 4 nitrogen and oxygen atoms in total. The fraction of sp³-hybridized carbons (Fsp3) is 0.600. The molecule has 5 heteroatoms. The first-order valence-corrected chi connectivity index (χ1v) is 8.08. The summed E-state index contributed by atoms with van der Waals surface area (Å²) >= 11 is 1.63. The van der Waals surface area contributed by atoms with E-state index < -0.39 is 5.60 Å². The van der Waals surface area contributed by atoms with Crippen LogP contribution < -0.4 is 0 Å². The Kier molecular flexibility index (Phi) is 3.54. The Morgan fingerprint density at radius 3 is 3.10 bits per heavy atom. The van der Waals surface area contributed by atoms with Gasteiger partial charge in [0.15, 0.2) is 0 Å². The molecule has 2 aliphatic rings. The first-order valence-electron chi connectivity index (χ1n) is 7.20. The number of hydrogen-bond acceptors (Lipinski definition) is 4. The van der Waals surface area contributed by atoms with Gasteiger partial charge in [0.25, 0.3) is 5.91 Å². The van der Waals surface area contributed by atoms with Crippen molar-refractivity contribution in [2.24, 2.45) is 5.16 Å². The van der Waals surface area contributed by atoms with E-state index in [1.807, 2.05) is 29.3 Å². The van der Waals surface area contributed by atoms with E-state index >= 15 is 0 Å². The summed E-state index contributed by atoms with van der Waals surface area (Å²) in [4.78, 5) is 21.4. The number of carbonyl (C=O) groups is 1. The molecule has 1 fully saturated rings. The van der Waals surface area contributed by atoms with Crippen molar-refractivity contribution in [1.82, 2.24) is 4.90 Å². The average molecular weight is 292 g/mol. The molecule has 0 aliphatic carbocycles. The van der Waals surface area contributed by atoms with Crippen LogP contribution in [0, 0.1) is 0 Å². The standard InChI is InChI=1S/C15H20N2O2S/c1-11-6-3-4-8-17(11)14(18)15(2)10-12(16-19-15)13-7-5-9-20-13/h5,7,9,11H,3-4,6,8,10H2,1-2H3/t11-,15-/m1/s1. The number of carbonyl (C=O) groups excluding carboxylic acids is 1. The van der Waals surface area contributed by atoms with Gasteiger partial charge in [-0.05, 0) is 44.6 Å². The fourth-order valence-corrected chi connectivity index (χ4v) is 3.64. The van der Waals surface area contributed by atoms with Gasteiger partial charge in [-0.25, -0.2) is 0 Å². The molecule has 1 amide bonds. The number of rotatable bonds is 2. The van der Waals surface area contributed by atoms with Crippen LogP contribution in [0.4, 0.5) is 0 Å².